The van der Waals surface area contributed by atoms with Crippen LogP contribution in [0.3, 0.4) is 0 Å². The Labute approximate surface area is 226 Å². The average molecular weight is 561 g/mol. The van der Waals surface area contributed by atoms with Crippen LogP contribution in [0.4, 0.5) is 5.69 Å². The van der Waals surface area contributed by atoms with Crippen molar-refractivity contribution in [1.82, 2.24) is 4.57 Å². The Morgan fingerprint density at radius 1 is 1.19 bits per heavy atom. The number of pyridine rings is 1. The number of nitrogens with zero attached hydrogens (tertiary/aromatic N) is 4. The highest BCUT2D eigenvalue weighted by atomic mass is 35.5. The summed E-state index contributed by atoms with van der Waals surface area (Å²) < 4.78 is 5.88. The molecule has 0 saturated carbocycles. The van der Waals surface area contributed by atoms with Gasteiger partial charge in [0.1, 0.15) is 17.3 Å². The number of hydrogen-bond donors (Lipinski definition) is 0. The third-order valence-corrected chi connectivity index (χ3v) is 6.03. The van der Waals surface area contributed by atoms with Crippen LogP contribution in [0, 0.1) is 18.3 Å². The Morgan fingerprint density at radius 3 is 2.43 bits per heavy atom. The van der Waals surface area contributed by atoms with Gasteiger partial charge in [-0.15, -0.1) is 0 Å². The summed E-state index contributed by atoms with van der Waals surface area (Å²) in [6, 6.07) is 4.57. The minimum atomic E-state index is -0.824. The Kier molecular flexibility index (Phi) is 8.61. The number of esters is 1. The van der Waals surface area contributed by atoms with Gasteiger partial charge in [-0.2, -0.15) is 15.4 Å². The molecule has 0 atom stereocenters. The maximum atomic E-state index is 13.2. The highest BCUT2D eigenvalue weighted by Crippen LogP contribution is 2.39. The molecular weight excluding hydrogens is 543 g/mol. The van der Waals surface area contributed by atoms with Crippen LogP contribution < -0.4 is 15.7 Å². The van der Waals surface area contributed by atoms with Crippen molar-refractivity contribution in [3.05, 3.63) is 84.1 Å². The fourth-order valence-electron chi connectivity index (χ4n) is 3.40. The van der Waals surface area contributed by atoms with E-state index in [0.29, 0.717) is 0 Å². The number of halogens is 3. The van der Waals surface area contributed by atoms with Crippen LogP contribution in [0.5, 0.6) is 5.88 Å². The lowest BCUT2D eigenvalue weighted by atomic mass is 10.0. The van der Waals surface area contributed by atoms with Crippen LogP contribution in [0.1, 0.15) is 23.6 Å². The minimum Gasteiger partial charge on any atom is -0.860 e. The summed E-state index contributed by atoms with van der Waals surface area (Å²) in [6.45, 7) is 3.17. The first-order valence-corrected chi connectivity index (χ1v) is 11.8. The van der Waals surface area contributed by atoms with Gasteiger partial charge in [0, 0.05) is 12.1 Å². The van der Waals surface area contributed by atoms with E-state index in [9.17, 15) is 24.8 Å². The average Bonchev–Trinajstić information content (AvgIpc) is 3.15. The van der Waals surface area contributed by atoms with Crippen molar-refractivity contribution in [1.29, 1.82) is 5.26 Å². The van der Waals surface area contributed by atoms with Crippen LogP contribution in [0.25, 0.3) is 6.08 Å². The number of benzene rings is 1. The number of nitriles is 1. The fraction of sp³-hybridized carbons (Fsp3) is 0.160. The molecular formula is C25H18Cl3N4O5-. The molecule has 0 aliphatic carbocycles. The van der Waals surface area contributed by atoms with Crippen molar-refractivity contribution < 1.29 is 19.4 Å². The quantitative estimate of drug-likeness (QED) is 0.298. The molecule has 0 unspecified atom stereocenters. The molecule has 1 aromatic carbocycles. The summed E-state index contributed by atoms with van der Waals surface area (Å²) in [5.74, 6) is -2.06. The van der Waals surface area contributed by atoms with E-state index in [1.54, 1.807) is 6.92 Å². The number of carbonyl (C=O) groups excluding carboxylic acids is 2. The van der Waals surface area contributed by atoms with E-state index < -0.39 is 23.3 Å². The maximum absolute atomic E-state index is 13.2. The summed E-state index contributed by atoms with van der Waals surface area (Å²) in [7, 11) is 1.29. The summed E-state index contributed by atoms with van der Waals surface area (Å²) >= 11 is 18.4. The third-order valence-electron chi connectivity index (χ3n) is 5.23. The molecule has 0 fully saturated rings. The topological polar surface area (TPSA) is 128 Å². The van der Waals surface area contributed by atoms with E-state index in [4.69, 9.17) is 39.5 Å². The van der Waals surface area contributed by atoms with Gasteiger partial charge in [0.25, 0.3) is 11.5 Å². The van der Waals surface area contributed by atoms with Crippen molar-refractivity contribution >= 4 is 64.2 Å². The molecule has 12 heteroatoms. The van der Waals surface area contributed by atoms with E-state index in [1.165, 1.54) is 56.5 Å². The van der Waals surface area contributed by atoms with Gasteiger partial charge in [-0.05, 0) is 49.1 Å². The van der Waals surface area contributed by atoms with Crippen molar-refractivity contribution in [2.24, 2.45) is 12.1 Å². The molecule has 0 spiro atoms. The van der Waals surface area contributed by atoms with Crippen LogP contribution in [-0.2, 0) is 21.4 Å². The second-order valence-electron chi connectivity index (χ2n) is 7.52. The maximum Gasteiger partial charge on any atom is 0.359 e. The molecule has 1 aromatic heterocycles. The number of carbonyl (C=O) groups is 2. The predicted molar refractivity (Wildman–Crippen MR) is 140 cm³/mol. The number of hydrogen-bond acceptors (Lipinski definition) is 7. The lowest BCUT2D eigenvalue weighted by molar-refractivity contribution is -0.279. The van der Waals surface area contributed by atoms with Crippen molar-refractivity contribution in [3.63, 3.8) is 0 Å². The summed E-state index contributed by atoms with van der Waals surface area (Å²) in [5.41, 5.74) is -0.656. The molecule has 9 nitrogen and oxygen atoms in total. The normalized spacial score (nSPS) is 14.6. The molecule has 1 aliphatic rings. The minimum absolute atomic E-state index is 0.0493. The molecule has 1 aliphatic heterocycles. The third kappa shape index (κ3) is 5.47. The second kappa shape index (κ2) is 11.5. The van der Waals surface area contributed by atoms with Crippen molar-refractivity contribution in [2.75, 3.05) is 11.6 Å². The Bertz CT molecular complexity index is 1510. The first kappa shape index (κ1) is 27.7. The van der Waals surface area contributed by atoms with Gasteiger partial charge >= 0.3 is 5.97 Å². The molecule has 0 N–H and O–H groups in total. The van der Waals surface area contributed by atoms with E-state index in [-0.39, 0.29) is 55.3 Å². The Hall–Kier alpha value is -3.84. The van der Waals surface area contributed by atoms with Gasteiger partial charge in [-0.25, -0.2) is 4.79 Å². The highest BCUT2D eigenvalue weighted by Gasteiger charge is 2.37. The summed E-state index contributed by atoms with van der Waals surface area (Å²) in [6.07, 6.45) is 7.19. The lowest BCUT2D eigenvalue weighted by Crippen LogP contribution is -2.25. The lowest BCUT2D eigenvalue weighted by Gasteiger charge is -2.18. The van der Waals surface area contributed by atoms with Crippen LogP contribution in [0.2, 0.25) is 15.1 Å². The Balaban J connectivity index is 1.97. The summed E-state index contributed by atoms with van der Waals surface area (Å²) in [5, 5.41) is 27.0. The van der Waals surface area contributed by atoms with Crippen LogP contribution in [-0.4, -0.2) is 28.8 Å². The van der Waals surface area contributed by atoms with Gasteiger partial charge in [0.05, 0.1) is 22.2 Å². The first-order chi connectivity index (χ1) is 17.5. The smallest absolute Gasteiger partial charge is 0.359 e. The molecule has 2 heterocycles. The van der Waals surface area contributed by atoms with Crippen LogP contribution in [0.15, 0.2) is 51.9 Å². The molecule has 3 rings (SSSR count). The predicted octanol–water partition coefficient (Wildman–Crippen LogP) is 4.06. The number of rotatable bonds is 6. The first-order valence-electron chi connectivity index (χ1n) is 10.6. The highest BCUT2D eigenvalue weighted by molar-refractivity contribution is 6.54. The molecule has 0 bridgehead atoms. The SMILES string of the molecule is CCOC(=O)C1=NN(c2c(Cl)cc(Cl)cc2Cl)C(=O)\C1=C/C=C/C=C/c1c(C)c(C#N)c(=O)n(C)c1[O-]. The van der Waals surface area contributed by atoms with Gasteiger partial charge in [-0.1, -0.05) is 59.1 Å². The van der Waals surface area contributed by atoms with E-state index in [2.05, 4.69) is 5.10 Å². The zero-order valence-corrected chi connectivity index (χ0v) is 22.0. The molecule has 2 aromatic rings. The fourth-order valence-corrected chi connectivity index (χ4v) is 4.37. The zero-order chi connectivity index (χ0) is 27.4. The Morgan fingerprint density at radius 2 is 1.84 bits per heavy atom. The number of hydrazone groups is 1. The number of allylic oxidation sites excluding steroid dienone is 4. The van der Waals surface area contributed by atoms with Gasteiger partial charge in [-0.3, -0.25) is 9.59 Å². The van der Waals surface area contributed by atoms with Crippen molar-refractivity contribution in [3.8, 4) is 11.9 Å². The molecule has 0 saturated heterocycles. The summed E-state index contributed by atoms with van der Waals surface area (Å²) in [4.78, 5) is 37.7. The van der Waals surface area contributed by atoms with Gasteiger partial charge in [0.2, 0.25) is 0 Å². The monoisotopic (exact) mass is 559 g/mol. The van der Waals surface area contributed by atoms with E-state index >= 15 is 0 Å². The molecule has 1 amide bonds. The zero-order valence-electron chi connectivity index (χ0n) is 19.7. The van der Waals surface area contributed by atoms with Gasteiger partial charge < -0.3 is 14.4 Å². The van der Waals surface area contributed by atoms with Crippen LogP contribution >= 0.6 is 34.8 Å². The van der Waals surface area contributed by atoms with E-state index in [0.717, 1.165) is 9.58 Å². The number of amides is 1. The molecule has 190 valence electrons. The second-order valence-corrected chi connectivity index (χ2v) is 8.77. The van der Waals surface area contributed by atoms with E-state index in [1.807, 2.05) is 6.07 Å². The van der Waals surface area contributed by atoms with Gasteiger partial charge in [0.15, 0.2) is 5.71 Å². The largest absolute Gasteiger partial charge is 0.860 e. The van der Waals surface area contributed by atoms with Crippen molar-refractivity contribution in [2.45, 2.75) is 13.8 Å². The number of ether oxygens (including phenoxy) is 1. The number of anilines is 1. The number of aromatic nitrogens is 1. The standard InChI is InChI=1S/C25H19Cl3N4O5/c1-4-37-25(36)20-16(24(35)32(30-20)21-18(27)10-14(26)11-19(21)28)9-7-5-6-8-15-13(2)17(12-29)23(34)31(3)22(15)33/h5-11,33H,4H2,1-3H3/p-1/b7-5+,8-6+,16-9-. The molecule has 37 heavy (non-hydrogen) atoms. The molecule has 0 radical (unpaired) electrons.